The van der Waals surface area contributed by atoms with Gasteiger partial charge in [-0.05, 0) is 24.1 Å². The van der Waals surface area contributed by atoms with Crippen molar-refractivity contribution in [1.29, 1.82) is 0 Å². The largest absolute Gasteiger partial charge is 0.502 e. The first-order chi connectivity index (χ1) is 11.9. The highest BCUT2D eigenvalue weighted by molar-refractivity contribution is 6.31. The Bertz CT molecular complexity index is 813. The Kier molecular flexibility index (Phi) is 5.32. The summed E-state index contributed by atoms with van der Waals surface area (Å²) >= 11 is 6.18. The third kappa shape index (κ3) is 4.34. The maximum atomic E-state index is 11.5. The van der Waals surface area contributed by atoms with Crippen LogP contribution in [0.25, 0.3) is 0 Å². The second-order valence-electron chi connectivity index (χ2n) is 6.36. The van der Waals surface area contributed by atoms with Crippen LogP contribution >= 0.6 is 11.6 Å². The topological polar surface area (TPSA) is 77.2 Å². The lowest BCUT2D eigenvalue weighted by molar-refractivity contribution is 0.112. The fourth-order valence-corrected chi connectivity index (χ4v) is 3.13. The highest BCUT2D eigenvalue weighted by atomic mass is 35.5. The Morgan fingerprint density at radius 2 is 1.72 bits per heavy atom. The highest BCUT2D eigenvalue weighted by Crippen LogP contribution is 2.21. The molecule has 1 aliphatic heterocycles. The Morgan fingerprint density at radius 3 is 2.36 bits per heavy atom. The smallest absolute Gasteiger partial charge is 0.286 e. The van der Waals surface area contributed by atoms with Crippen molar-refractivity contribution in [3.05, 3.63) is 56.4 Å². The third-order valence-corrected chi connectivity index (χ3v) is 4.86. The summed E-state index contributed by atoms with van der Waals surface area (Å²) in [4.78, 5) is 15.9. The van der Waals surface area contributed by atoms with E-state index < -0.39 is 17.1 Å². The standard InChI is InChI=1S/C18H21ClN2O4/c1-12-2-3-13(8-14(12)19)10-20-4-6-21(7-5-20)11-16-18(24)15(22)9-17(23)25-16/h2-3,8-9,23-24H,4-7,10-11H2,1H3. The van der Waals surface area contributed by atoms with Gasteiger partial charge >= 0.3 is 0 Å². The van der Waals surface area contributed by atoms with Crippen molar-refractivity contribution in [3.8, 4) is 11.7 Å². The van der Waals surface area contributed by atoms with Crippen LogP contribution in [0.3, 0.4) is 0 Å². The number of piperazine rings is 1. The lowest BCUT2D eigenvalue weighted by Gasteiger charge is -2.34. The van der Waals surface area contributed by atoms with Crippen LogP contribution in [0.15, 0.2) is 33.5 Å². The number of hydrogen-bond donors (Lipinski definition) is 2. The minimum atomic E-state index is -0.631. The maximum absolute atomic E-state index is 11.5. The minimum Gasteiger partial charge on any atom is -0.502 e. The Hall–Kier alpha value is -2.02. The molecule has 134 valence electrons. The number of nitrogens with zero attached hydrogens (tertiary/aromatic N) is 2. The molecule has 0 bridgehead atoms. The van der Waals surface area contributed by atoms with Crippen LogP contribution in [0.5, 0.6) is 11.7 Å². The molecule has 0 radical (unpaired) electrons. The van der Waals surface area contributed by atoms with Gasteiger partial charge in [-0.1, -0.05) is 23.7 Å². The summed E-state index contributed by atoms with van der Waals surface area (Å²) < 4.78 is 5.07. The van der Waals surface area contributed by atoms with E-state index in [-0.39, 0.29) is 5.76 Å². The highest BCUT2D eigenvalue weighted by Gasteiger charge is 2.20. The van der Waals surface area contributed by atoms with Gasteiger partial charge in [0.15, 0.2) is 5.76 Å². The zero-order valence-corrected chi connectivity index (χ0v) is 14.8. The van der Waals surface area contributed by atoms with Gasteiger partial charge in [-0.2, -0.15) is 0 Å². The van der Waals surface area contributed by atoms with E-state index >= 15 is 0 Å². The number of rotatable bonds is 4. The summed E-state index contributed by atoms with van der Waals surface area (Å²) in [6.45, 7) is 6.38. The van der Waals surface area contributed by atoms with Crippen molar-refractivity contribution in [2.24, 2.45) is 0 Å². The Morgan fingerprint density at radius 1 is 1.08 bits per heavy atom. The van der Waals surface area contributed by atoms with Gasteiger partial charge in [-0.3, -0.25) is 14.6 Å². The van der Waals surface area contributed by atoms with E-state index in [0.717, 1.165) is 49.4 Å². The second kappa shape index (κ2) is 7.47. The second-order valence-corrected chi connectivity index (χ2v) is 6.76. The molecule has 0 amide bonds. The van der Waals surface area contributed by atoms with E-state index in [1.165, 1.54) is 5.56 Å². The first kappa shape index (κ1) is 17.8. The number of aryl methyl sites for hydroxylation is 1. The molecule has 1 aliphatic rings. The summed E-state index contributed by atoms with van der Waals surface area (Å²) in [5.41, 5.74) is 1.62. The molecule has 2 N–H and O–H groups in total. The van der Waals surface area contributed by atoms with Crippen molar-refractivity contribution in [2.45, 2.75) is 20.0 Å². The van der Waals surface area contributed by atoms with E-state index in [2.05, 4.69) is 15.9 Å². The van der Waals surface area contributed by atoms with Crippen LogP contribution in [-0.2, 0) is 13.1 Å². The van der Waals surface area contributed by atoms with E-state index in [9.17, 15) is 15.0 Å². The molecule has 0 saturated carbocycles. The molecule has 2 aromatic rings. The van der Waals surface area contributed by atoms with Crippen molar-refractivity contribution in [1.82, 2.24) is 9.80 Å². The fourth-order valence-electron chi connectivity index (χ4n) is 2.93. The molecule has 6 nitrogen and oxygen atoms in total. The van der Waals surface area contributed by atoms with Crippen molar-refractivity contribution in [2.75, 3.05) is 26.2 Å². The molecule has 1 fully saturated rings. The van der Waals surface area contributed by atoms with Gasteiger partial charge in [0.2, 0.25) is 11.2 Å². The summed E-state index contributed by atoms with van der Waals surface area (Å²) in [7, 11) is 0. The number of aromatic hydroxyl groups is 2. The van der Waals surface area contributed by atoms with Crippen LogP contribution in [-0.4, -0.2) is 46.2 Å². The fraction of sp³-hybridized carbons (Fsp3) is 0.389. The SMILES string of the molecule is Cc1ccc(CN2CCN(Cc3oc(O)cc(=O)c3O)CC2)cc1Cl. The predicted octanol–water partition coefficient (Wildman–Crippen LogP) is 2.33. The lowest BCUT2D eigenvalue weighted by Crippen LogP contribution is -2.45. The number of hydrogen-bond acceptors (Lipinski definition) is 6. The Balaban J connectivity index is 1.57. The average Bonchev–Trinajstić information content (AvgIpc) is 2.57. The Labute approximate surface area is 150 Å². The molecular weight excluding hydrogens is 344 g/mol. The number of halogens is 1. The molecule has 1 aromatic carbocycles. The first-order valence-corrected chi connectivity index (χ1v) is 8.55. The van der Waals surface area contributed by atoms with E-state index in [0.29, 0.717) is 6.54 Å². The van der Waals surface area contributed by atoms with E-state index in [1.54, 1.807) is 0 Å². The summed E-state index contributed by atoms with van der Waals surface area (Å²) in [6, 6.07) is 6.99. The van der Waals surface area contributed by atoms with Gasteiger partial charge in [0, 0.05) is 37.7 Å². The minimum absolute atomic E-state index is 0.101. The van der Waals surface area contributed by atoms with Gasteiger partial charge in [-0.15, -0.1) is 0 Å². The van der Waals surface area contributed by atoms with Crippen molar-refractivity contribution in [3.63, 3.8) is 0 Å². The molecule has 0 spiro atoms. The molecular formula is C18H21ClN2O4. The van der Waals surface area contributed by atoms with Crippen LogP contribution < -0.4 is 5.43 Å². The van der Waals surface area contributed by atoms with Crippen molar-refractivity contribution < 1.29 is 14.6 Å². The molecule has 1 aromatic heterocycles. The molecule has 7 heteroatoms. The van der Waals surface area contributed by atoms with Gasteiger partial charge in [0.25, 0.3) is 5.95 Å². The van der Waals surface area contributed by atoms with Crippen LogP contribution in [0, 0.1) is 6.92 Å². The van der Waals surface area contributed by atoms with Gasteiger partial charge < -0.3 is 14.6 Å². The number of benzene rings is 1. The first-order valence-electron chi connectivity index (χ1n) is 8.17. The molecule has 1 saturated heterocycles. The molecule has 0 unspecified atom stereocenters. The summed E-state index contributed by atoms with van der Waals surface area (Å²) in [5.74, 6) is -0.814. The summed E-state index contributed by atoms with van der Waals surface area (Å²) in [5, 5.41) is 19.9. The summed E-state index contributed by atoms with van der Waals surface area (Å²) in [6.07, 6.45) is 0. The quantitative estimate of drug-likeness (QED) is 0.867. The zero-order valence-electron chi connectivity index (χ0n) is 14.0. The normalized spacial score (nSPS) is 16.2. The average molecular weight is 365 g/mol. The zero-order chi connectivity index (χ0) is 18.0. The van der Waals surface area contributed by atoms with Gasteiger partial charge in [-0.25, -0.2) is 0 Å². The van der Waals surface area contributed by atoms with Gasteiger partial charge in [0.05, 0.1) is 12.6 Å². The molecule has 0 aliphatic carbocycles. The maximum Gasteiger partial charge on any atom is 0.286 e. The molecule has 0 atom stereocenters. The molecule has 3 rings (SSSR count). The molecule has 25 heavy (non-hydrogen) atoms. The van der Waals surface area contributed by atoms with Crippen LogP contribution in [0.1, 0.15) is 16.9 Å². The lowest BCUT2D eigenvalue weighted by atomic mass is 10.1. The predicted molar refractivity (Wildman–Crippen MR) is 95.1 cm³/mol. The van der Waals surface area contributed by atoms with Gasteiger partial charge in [0.1, 0.15) is 0 Å². The van der Waals surface area contributed by atoms with E-state index in [1.807, 2.05) is 19.1 Å². The molecule has 2 heterocycles. The third-order valence-electron chi connectivity index (χ3n) is 4.45. The van der Waals surface area contributed by atoms with Crippen molar-refractivity contribution >= 4 is 11.6 Å². The van der Waals surface area contributed by atoms with Crippen LogP contribution in [0.2, 0.25) is 5.02 Å². The van der Waals surface area contributed by atoms with E-state index in [4.69, 9.17) is 16.0 Å². The monoisotopic (exact) mass is 364 g/mol. The van der Waals surface area contributed by atoms with Crippen LogP contribution in [0.4, 0.5) is 0 Å².